The van der Waals surface area contributed by atoms with E-state index in [1.807, 2.05) is 52.0 Å². The molecule has 0 spiro atoms. The molecule has 0 aromatic heterocycles. The van der Waals surface area contributed by atoms with Crippen LogP contribution in [0.3, 0.4) is 0 Å². The van der Waals surface area contributed by atoms with Crippen LogP contribution in [0.5, 0.6) is 11.5 Å². The largest absolute Gasteiger partial charge is 2.00 e. The zero-order valence-corrected chi connectivity index (χ0v) is 25.6. The standard InChI is InChI=1S/2C8H10O.2C8H11.Zr/c2*1-6-3-4-8(9)7(2)5-6;2*1-6-4-7(2)8(3)5-6;/h2*3-5,9H,1-2H3;2*4-5H,1-3H3;/q;;2*-1;+2. The second-order valence-corrected chi connectivity index (χ2v) is 9.38. The summed E-state index contributed by atoms with van der Waals surface area (Å²) in [6.45, 7) is 20.6. The smallest absolute Gasteiger partial charge is 0.508 e. The van der Waals surface area contributed by atoms with Gasteiger partial charge in [0.2, 0.25) is 0 Å². The van der Waals surface area contributed by atoms with Crippen molar-refractivity contribution in [1.29, 1.82) is 0 Å². The molecule has 0 heterocycles. The van der Waals surface area contributed by atoms with Crippen LogP contribution in [0.1, 0.15) is 55.6 Å². The van der Waals surface area contributed by atoms with Crippen LogP contribution in [0.4, 0.5) is 0 Å². The molecular weight excluding hydrogens is 508 g/mol. The SMILES string of the molecule is Cc1cc(C)[c-](C)c1.Cc1cc(C)[c-](C)c1.Cc1ccc(O)c(C)c1.Cc1ccc(O)c(C)c1.[Zr+2]. The number of phenolic OH excluding ortho intramolecular Hbond substituents is 2. The van der Waals surface area contributed by atoms with E-state index in [2.05, 4.69) is 65.8 Å². The van der Waals surface area contributed by atoms with Gasteiger partial charge < -0.3 is 10.2 Å². The van der Waals surface area contributed by atoms with Gasteiger partial charge >= 0.3 is 26.2 Å². The van der Waals surface area contributed by atoms with Crippen LogP contribution in [0.2, 0.25) is 0 Å². The molecule has 0 radical (unpaired) electrons. The predicted molar refractivity (Wildman–Crippen MR) is 148 cm³/mol. The third-order valence-corrected chi connectivity index (χ3v) is 5.73. The van der Waals surface area contributed by atoms with Crippen LogP contribution in [-0.2, 0) is 26.2 Å². The Morgan fingerprint density at radius 2 is 0.800 bits per heavy atom. The summed E-state index contributed by atoms with van der Waals surface area (Å²) < 4.78 is 0. The third-order valence-electron chi connectivity index (χ3n) is 5.73. The summed E-state index contributed by atoms with van der Waals surface area (Å²) in [6.07, 6.45) is 0. The molecule has 0 bridgehead atoms. The molecule has 4 aromatic rings. The maximum Gasteiger partial charge on any atom is 2.00 e. The topological polar surface area (TPSA) is 40.5 Å². The predicted octanol–water partition coefficient (Wildman–Crippen LogP) is 8.68. The fraction of sp³-hybridized carbons (Fsp3) is 0.312. The van der Waals surface area contributed by atoms with Gasteiger partial charge in [0.05, 0.1) is 0 Å². The average molecular weight is 550 g/mol. The Morgan fingerprint density at radius 3 is 0.943 bits per heavy atom. The van der Waals surface area contributed by atoms with E-state index in [1.54, 1.807) is 12.1 Å². The number of hydrogen-bond donors (Lipinski definition) is 2. The first kappa shape index (κ1) is 32.6. The van der Waals surface area contributed by atoms with Crippen molar-refractivity contribution in [1.82, 2.24) is 0 Å². The van der Waals surface area contributed by atoms with Crippen molar-refractivity contribution >= 4 is 0 Å². The molecule has 0 atom stereocenters. The van der Waals surface area contributed by atoms with E-state index in [-0.39, 0.29) is 26.2 Å². The first-order chi connectivity index (χ1) is 15.8. The van der Waals surface area contributed by atoms with Crippen molar-refractivity contribution in [3.8, 4) is 11.5 Å². The maximum atomic E-state index is 9.04. The molecule has 2 N–H and O–H groups in total. The van der Waals surface area contributed by atoms with E-state index in [4.69, 9.17) is 10.2 Å². The molecule has 3 heteroatoms. The zero-order chi connectivity index (χ0) is 26.0. The molecule has 0 aliphatic rings. The summed E-state index contributed by atoms with van der Waals surface area (Å²) in [6, 6.07) is 19.9. The monoisotopic (exact) mass is 548 g/mol. The summed E-state index contributed by atoms with van der Waals surface area (Å²) in [5.74, 6) is 0.751. The Labute approximate surface area is 232 Å². The Balaban J connectivity index is 0.000000437. The molecule has 0 fully saturated rings. The van der Waals surface area contributed by atoms with Crippen molar-refractivity contribution < 1.29 is 36.4 Å². The molecule has 0 unspecified atom stereocenters. The van der Waals surface area contributed by atoms with Crippen molar-refractivity contribution in [2.24, 2.45) is 0 Å². The van der Waals surface area contributed by atoms with E-state index >= 15 is 0 Å². The minimum atomic E-state index is 0. The zero-order valence-electron chi connectivity index (χ0n) is 23.2. The molecule has 0 aliphatic heterocycles. The van der Waals surface area contributed by atoms with E-state index < -0.39 is 0 Å². The molecular formula is C32H42O2Zr. The third kappa shape index (κ3) is 12.2. The van der Waals surface area contributed by atoms with Crippen molar-refractivity contribution in [3.63, 3.8) is 0 Å². The second-order valence-electron chi connectivity index (χ2n) is 9.38. The van der Waals surface area contributed by atoms with E-state index in [0.717, 1.165) is 11.1 Å². The van der Waals surface area contributed by atoms with Gasteiger partial charge in [0.1, 0.15) is 11.5 Å². The number of phenols is 2. The van der Waals surface area contributed by atoms with Crippen molar-refractivity contribution in [2.45, 2.75) is 69.2 Å². The Hall–Kier alpha value is -2.38. The maximum absolute atomic E-state index is 9.04. The van der Waals surface area contributed by atoms with Crippen molar-refractivity contribution in [3.05, 3.63) is 116 Å². The molecule has 35 heavy (non-hydrogen) atoms. The summed E-state index contributed by atoms with van der Waals surface area (Å²) in [7, 11) is 0. The van der Waals surface area contributed by atoms with Crippen LogP contribution in [0, 0.1) is 69.2 Å². The Morgan fingerprint density at radius 1 is 0.486 bits per heavy atom. The van der Waals surface area contributed by atoms with Gasteiger partial charge in [0, 0.05) is 0 Å². The normalized spacial score (nSPS) is 9.43. The fourth-order valence-electron chi connectivity index (χ4n) is 3.52. The van der Waals surface area contributed by atoms with E-state index in [1.165, 1.54) is 44.5 Å². The van der Waals surface area contributed by atoms with Crippen LogP contribution in [0.25, 0.3) is 0 Å². The summed E-state index contributed by atoms with van der Waals surface area (Å²) >= 11 is 0. The molecule has 4 aromatic carbocycles. The minimum absolute atomic E-state index is 0. The quantitative estimate of drug-likeness (QED) is 0.215. The molecule has 0 amide bonds. The van der Waals surface area contributed by atoms with Crippen LogP contribution >= 0.6 is 0 Å². The van der Waals surface area contributed by atoms with Gasteiger partial charge in [-0.25, -0.2) is 23.3 Å². The first-order valence-corrected chi connectivity index (χ1v) is 11.7. The van der Waals surface area contributed by atoms with Gasteiger partial charge in [-0.15, -0.1) is 0 Å². The van der Waals surface area contributed by atoms with E-state index in [9.17, 15) is 0 Å². The molecule has 0 saturated carbocycles. The number of benzene rings is 2. The average Bonchev–Trinajstić information content (AvgIpc) is 3.20. The Bertz CT molecular complexity index is 1050. The summed E-state index contributed by atoms with van der Waals surface area (Å²) in [4.78, 5) is 0. The molecule has 0 aliphatic carbocycles. The van der Waals surface area contributed by atoms with Crippen LogP contribution in [0.15, 0.2) is 60.7 Å². The number of hydrogen-bond acceptors (Lipinski definition) is 2. The van der Waals surface area contributed by atoms with Gasteiger partial charge in [-0.05, 0) is 51.0 Å². The molecule has 2 nitrogen and oxygen atoms in total. The first-order valence-electron chi connectivity index (χ1n) is 11.7. The minimum Gasteiger partial charge on any atom is -0.508 e. The number of rotatable bonds is 0. The van der Waals surface area contributed by atoms with E-state index in [0.29, 0.717) is 11.5 Å². The van der Waals surface area contributed by atoms with Gasteiger partial charge in [-0.3, -0.25) is 0 Å². The van der Waals surface area contributed by atoms with Gasteiger partial charge in [0.25, 0.3) is 0 Å². The second kappa shape index (κ2) is 15.6. The van der Waals surface area contributed by atoms with Gasteiger partial charge in [-0.1, -0.05) is 76.9 Å². The number of aromatic hydroxyl groups is 2. The Kier molecular flexibility index (Phi) is 14.5. The summed E-state index contributed by atoms with van der Waals surface area (Å²) in [5, 5.41) is 18.1. The summed E-state index contributed by atoms with van der Waals surface area (Å²) in [5.41, 5.74) is 12.6. The molecule has 4 rings (SSSR count). The van der Waals surface area contributed by atoms with Gasteiger partial charge in [0.15, 0.2) is 0 Å². The van der Waals surface area contributed by atoms with Crippen LogP contribution < -0.4 is 0 Å². The molecule has 186 valence electrons. The van der Waals surface area contributed by atoms with Crippen LogP contribution in [-0.4, -0.2) is 10.2 Å². The molecule has 0 saturated heterocycles. The number of aryl methyl sites for hydroxylation is 10. The van der Waals surface area contributed by atoms with Gasteiger partial charge in [-0.2, -0.15) is 34.4 Å². The fourth-order valence-corrected chi connectivity index (χ4v) is 3.52. The van der Waals surface area contributed by atoms with Crippen molar-refractivity contribution in [2.75, 3.05) is 0 Å².